The zero-order chi connectivity index (χ0) is 21.3. The molecule has 0 bridgehead atoms. The number of esters is 1. The molecule has 28 heavy (non-hydrogen) atoms. The minimum Gasteiger partial charge on any atom is -0.458 e. The third kappa shape index (κ3) is 9.12. The van der Waals surface area contributed by atoms with Gasteiger partial charge in [-0.2, -0.15) is 0 Å². The van der Waals surface area contributed by atoms with E-state index in [9.17, 15) is 14.4 Å². The molecule has 1 rings (SSSR count). The average molecular weight is 410 g/mol. The van der Waals surface area contributed by atoms with Crippen LogP contribution in [-0.4, -0.2) is 42.4 Å². The first-order chi connectivity index (χ1) is 13.0. The number of benzene rings is 1. The number of rotatable bonds is 9. The zero-order valence-electron chi connectivity index (χ0n) is 17.4. The van der Waals surface area contributed by atoms with E-state index < -0.39 is 23.6 Å². The fourth-order valence-electron chi connectivity index (χ4n) is 2.55. The van der Waals surface area contributed by atoms with Crippen LogP contribution in [0.5, 0.6) is 0 Å². The van der Waals surface area contributed by atoms with Gasteiger partial charge in [-0.05, 0) is 56.7 Å². The topological polar surface area (TPSA) is 96.5 Å². The van der Waals surface area contributed by atoms with Gasteiger partial charge >= 0.3 is 12.0 Å². The van der Waals surface area contributed by atoms with Crippen LogP contribution in [0, 0.1) is 5.92 Å². The molecule has 3 amide bonds. The largest absolute Gasteiger partial charge is 0.458 e. The summed E-state index contributed by atoms with van der Waals surface area (Å²) in [7, 11) is 0. The molecule has 7 nitrogen and oxygen atoms in total. The van der Waals surface area contributed by atoms with Crippen molar-refractivity contribution in [1.29, 1.82) is 0 Å². The van der Waals surface area contributed by atoms with Crippen LogP contribution >= 0.6 is 11.8 Å². The zero-order valence-corrected chi connectivity index (χ0v) is 18.2. The summed E-state index contributed by atoms with van der Waals surface area (Å²) in [6.45, 7) is 8.85. The Bertz CT molecular complexity index is 675. The smallest absolute Gasteiger partial charge is 0.319 e. The first kappa shape index (κ1) is 23.8. The number of anilines is 1. The summed E-state index contributed by atoms with van der Waals surface area (Å²) in [5, 5.41) is 8.23. The monoisotopic (exact) mass is 409 g/mol. The van der Waals surface area contributed by atoms with Crippen LogP contribution in [0.1, 0.15) is 41.0 Å². The molecule has 1 aromatic carbocycles. The van der Waals surface area contributed by atoms with Crippen LogP contribution in [-0.2, 0) is 14.3 Å². The third-order valence-electron chi connectivity index (χ3n) is 3.79. The third-order valence-corrected chi connectivity index (χ3v) is 4.53. The second-order valence-electron chi connectivity index (χ2n) is 7.58. The van der Waals surface area contributed by atoms with Crippen LogP contribution in [0.2, 0.25) is 0 Å². The molecular weight excluding hydrogens is 378 g/mol. The molecule has 0 aliphatic rings. The van der Waals surface area contributed by atoms with Gasteiger partial charge in [0, 0.05) is 17.5 Å². The van der Waals surface area contributed by atoms with Gasteiger partial charge in [-0.15, -0.1) is 11.8 Å². The molecule has 0 radical (unpaired) electrons. The van der Waals surface area contributed by atoms with E-state index in [0.717, 1.165) is 4.90 Å². The highest BCUT2D eigenvalue weighted by molar-refractivity contribution is 7.98. The lowest BCUT2D eigenvalue weighted by molar-refractivity contribution is -0.154. The van der Waals surface area contributed by atoms with Crippen molar-refractivity contribution in [3.05, 3.63) is 24.3 Å². The van der Waals surface area contributed by atoms with Crippen molar-refractivity contribution in [2.75, 3.05) is 18.1 Å². The van der Waals surface area contributed by atoms with Gasteiger partial charge in [0.25, 0.3) is 0 Å². The molecule has 1 atom stereocenters. The quantitative estimate of drug-likeness (QED) is 0.429. The van der Waals surface area contributed by atoms with Gasteiger partial charge in [0.05, 0.1) is 6.54 Å². The molecule has 0 aromatic heterocycles. The van der Waals surface area contributed by atoms with Crippen molar-refractivity contribution in [2.45, 2.75) is 57.6 Å². The molecular formula is C20H31N3O4S. The van der Waals surface area contributed by atoms with Gasteiger partial charge in [-0.3, -0.25) is 9.59 Å². The first-order valence-corrected chi connectivity index (χ1v) is 10.4. The Morgan fingerprint density at radius 1 is 1.14 bits per heavy atom. The Balaban J connectivity index is 2.68. The maximum absolute atomic E-state index is 12.6. The fourth-order valence-corrected chi connectivity index (χ4v) is 2.96. The maximum atomic E-state index is 12.6. The molecule has 0 heterocycles. The molecule has 0 saturated carbocycles. The van der Waals surface area contributed by atoms with Crippen LogP contribution in [0.15, 0.2) is 29.2 Å². The van der Waals surface area contributed by atoms with Gasteiger partial charge < -0.3 is 20.7 Å². The number of nitrogens with one attached hydrogen (secondary N) is 3. The molecule has 0 aliphatic heterocycles. The minimum atomic E-state index is -0.828. The van der Waals surface area contributed by atoms with E-state index in [1.165, 1.54) is 6.92 Å². The summed E-state index contributed by atoms with van der Waals surface area (Å²) < 4.78 is 5.17. The summed E-state index contributed by atoms with van der Waals surface area (Å²) in [6, 6.07) is 6.30. The summed E-state index contributed by atoms with van der Waals surface area (Å²) in [4.78, 5) is 37.2. The Kier molecular flexibility index (Phi) is 9.31. The number of carbonyl (C=O) groups is 3. The van der Waals surface area contributed by atoms with Crippen LogP contribution in [0.4, 0.5) is 10.5 Å². The van der Waals surface area contributed by atoms with Crippen LogP contribution < -0.4 is 16.0 Å². The Labute approximate surface area is 171 Å². The average Bonchev–Trinajstić information content (AvgIpc) is 2.58. The van der Waals surface area contributed by atoms with E-state index in [2.05, 4.69) is 16.0 Å². The predicted molar refractivity (Wildman–Crippen MR) is 112 cm³/mol. The van der Waals surface area contributed by atoms with Crippen LogP contribution in [0.25, 0.3) is 0 Å². The van der Waals surface area contributed by atoms with Gasteiger partial charge in [-0.1, -0.05) is 13.8 Å². The number of amides is 3. The summed E-state index contributed by atoms with van der Waals surface area (Å²) in [6.07, 6.45) is 2.46. The number of urea groups is 1. The molecule has 3 N–H and O–H groups in total. The standard InChI is InChI=1S/C20H31N3O4S/c1-13(2)11-17(18(25)21-12-20(4,5)27-14(3)24)23-19(26)22-15-7-9-16(28-6)10-8-15/h7-10,13,17H,11-12H2,1-6H3,(H,21,25)(H2,22,23,26)/t17-/m0/s1. The van der Waals surface area contributed by atoms with Gasteiger partial charge in [0.1, 0.15) is 11.6 Å². The van der Waals surface area contributed by atoms with Crippen molar-refractivity contribution in [2.24, 2.45) is 5.92 Å². The molecule has 156 valence electrons. The summed E-state index contributed by atoms with van der Waals surface area (Å²) in [5.41, 5.74) is -0.180. The van der Waals surface area contributed by atoms with E-state index in [0.29, 0.717) is 12.1 Å². The molecule has 0 saturated heterocycles. The van der Waals surface area contributed by atoms with Crippen molar-refractivity contribution in [3.63, 3.8) is 0 Å². The van der Waals surface area contributed by atoms with Gasteiger partial charge in [0.2, 0.25) is 5.91 Å². The van der Waals surface area contributed by atoms with E-state index in [1.807, 2.05) is 44.4 Å². The number of hydrogen-bond acceptors (Lipinski definition) is 5. The predicted octanol–water partition coefficient (Wildman–Crippen LogP) is 3.40. The summed E-state index contributed by atoms with van der Waals surface area (Å²) >= 11 is 1.62. The van der Waals surface area contributed by atoms with E-state index in [-0.39, 0.29) is 18.4 Å². The van der Waals surface area contributed by atoms with Crippen molar-refractivity contribution in [3.8, 4) is 0 Å². The highest BCUT2D eigenvalue weighted by Crippen LogP contribution is 2.17. The normalized spacial score (nSPS) is 12.2. The molecule has 0 unspecified atom stereocenters. The summed E-state index contributed by atoms with van der Waals surface area (Å²) in [5.74, 6) is -0.525. The highest BCUT2D eigenvalue weighted by Gasteiger charge is 2.26. The van der Waals surface area contributed by atoms with Crippen molar-refractivity contribution in [1.82, 2.24) is 10.6 Å². The highest BCUT2D eigenvalue weighted by atomic mass is 32.2. The molecule has 0 spiro atoms. The lowest BCUT2D eigenvalue weighted by Gasteiger charge is -2.27. The van der Waals surface area contributed by atoms with E-state index in [1.54, 1.807) is 25.6 Å². The molecule has 0 aliphatic carbocycles. The maximum Gasteiger partial charge on any atom is 0.319 e. The Morgan fingerprint density at radius 2 is 1.75 bits per heavy atom. The molecule has 8 heteroatoms. The minimum absolute atomic E-state index is 0.152. The SMILES string of the molecule is CSc1ccc(NC(=O)N[C@@H](CC(C)C)C(=O)NCC(C)(C)OC(C)=O)cc1. The second-order valence-corrected chi connectivity index (χ2v) is 8.46. The van der Waals surface area contributed by atoms with E-state index in [4.69, 9.17) is 4.74 Å². The lowest BCUT2D eigenvalue weighted by Crippen LogP contribution is -2.51. The Hall–Kier alpha value is -2.22. The Morgan fingerprint density at radius 3 is 2.25 bits per heavy atom. The second kappa shape index (κ2) is 10.9. The number of thioether (sulfide) groups is 1. The first-order valence-electron chi connectivity index (χ1n) is 9.21. The fraction of sp³-hybridized carbons (Fsp3) is 0.550. The number of hydrogen-bond donors (Lipinski definition) is 3. The van der Waals surface area contributed by atoms with Gasteiger partial charge in [-0.25, -0.2) is 4.79 Å². The number of carbonyl (C=O) groups excluding carboxylic acids is 3. The molecule has 1 aromatic rings. The van der Waals surface area contributed by atoms with E-state index >= 15 is 0 Å². The van der Waals surface area contributed by atoms with Crippen LogP contribution in [0.3, 0.4) is 0 Å². The number of ether oxygens (including phenoxy) is 1. The van der Waals surface area contributed by atoms with Gasteiger partial charge in [0.15, 0.2) is 0 Å². The van der Waals surface area contributed by atoms with Crippen molar-refractivity contribution < 1.29 is 19.1 Å². The molecule has 0 fully saturated rings. The lowest BCUT2D eigenvalue weighted by atomic mass is 10.0. The van der Waals surface area contributed by atoms with Crippen molar-refractivity contribution >= 4 is 35.4 Å².